The largest absolute Gasteiger partial charge is 0.484 e. The fourth-order valence-electron chi connectivity index (χ4n) is 4.40. The zero-order valence-corrected chi connectivity index (χ0v) is 21.7. The minimum Gasteiger partial charge on any atom is -0.484 e. The van der Waals surface area contributed by atoms with Gasteiger partial charge in [-0.2, -0.15) is 0 Å². The van der Waals surface area contributed by atoms with Crippen LogP contribution in [-0.2, 0) is 23.9 Å². The maximum absolute atomic E-state index is 12.9. The third-order valence-corrected chi connectivity index (χ3v) is 6.12. The summed E-state index contributed by atoms with van der Waals surface area (Å²) < 4.78 is 16.7. The highest BCUT2D eigenvalue weighted by Gasteiger charge is 2.37. The van der Waals surface area contributed by atoms with E-state index in [0.717, 1.165) is 0 Å². The number of carbonyl (C=O) groups excluding carboxylic acids is 3. The predicted molar refractivity (Wildman–Crippen MR) is 133 cm³/mol. The number of hydrogen-bond acceptors (Lipinski definition) is 9. The van der Waals surface area contributed by atoms with E-state index in [-0.39, 0.29) is 22.9 Å². The molecule has 0 unspecified atom stereocenters. The van der Waals surface area contributed by atoms with Crippen LogP contribution in [0.25, 0.3) is 0 Å². The standard InChI is InChI=1S/C25H34N4O9/c1-25(2,3)38-24(34)19-7-5-9-29(19)21(31)14-37-17-11-15(22(26)27-35)10-16(12-17)36-13-20(30)28-8-4-6-18(28)23(32)33/h10-12,18-19,35H,4-9,13-14H2,1-3H3,(H2,26,27)(H,32,33)/t18-,19-/m1/s1. The van der Waals surface area contributed by atoms with Gasteiger partial charge in [0.05, 0.1) is 0 Å². The van der Waals surface area contributed by atoms with Gasteiger partial charge in [-0.3, -0.25) is 9.59 Å². The van der Waals surface area contributed by atoms with E-state index in [1.165, 1.54) is 28.0 Å². The first kappa shape index (κ1) is 28.5. The fraction of sp³-hybridized carbons (Fsp3) is 0.560. The molecule has 0 radical (unpaired) electrons. The number of esters is 1. The summed E-state index contributed by atoms with van der Waals surface area (Å²) in [5.74, 6) is -2.44. The van der Waals surface area contributed by atoms with Crippen LogP contribution in [0.4, 0.5) is 0 Å². The van der Waals surface area contributed by atoms with Crippen molar-refractivity contribution in [3.63, 3.8) is 0 Å². The van der Waals surface area contributed by atoms with Crippen molar-refractivity contribution in [1.29, 1.82) is 0 Å². The van der Waals surface area contributed by atoms with Crippen LogP contribution in [0, 0.1) is 0 Å². The third-order valence-electron chi connectivity index (χ3n) is 6.12. The van der Waals surface area contributed by atoms with Gasteiger partial charge in [0.25, 0.3) is 11.8 Å². The number of carboxylic acid groups (broad SMARTS) is 1. The third kappa shape index (κ3) is 7.26. The number of benzene rings is 1. The number of amides is 2. The summed E-state index contributed by atoms with van der Waals surface area (Å²) in [5.41, 5.74) is 5.24. The van der Waals surface area contributed by atoms with Crippen molar-refractivity contribution in [2.75, 3.05) is 26.3 Å². The Morgan fingerprint density at radius 1 is 0.947 bits per heavy atom. The zero-order valence-electron chi connectivity index (χ0n) is 21.7. The Balaban J connectivity index is 1.67. The number of nitrogens with two attached hydrogens (primary N) is 1. The summed E-state index contributed by atoms with van der Waals surface area (Å²) in [6, 6.07) is 2.67. The van der Waals surface area contributed by atoms with Crippen LogP contribution in [0.5, 0.6) is 11.5 Å². The second-order valence-corrected chi connectivity index (χ2v) is 10.1. The Labute approximate surface area is 220 Å². The summed E-state index contributed by atoms with van der Waals surface area (Å²) in [5, 5.41) is 21.4. The van der Waals surface area contributed by atoms with E-state index in [0.29, 0.717) is 38.8 Å². The molecule has 0 aromatic heterocycles. The highest BCUT2D eigenvalue weighted by atomic mass is 16.6. The first-order valence-corrected chi connectivity index (χ1v) is 12.3. The molecule has 38 heavy (non-hydrogen) atoms. The Kier molecular flexibility index (Phi) is 9.02. The molecule has 2 heterocycles. The smallest absolute Gasteiger partial charge is 0.329 e. The maximum atomic E-state index is 12.9. The average Bonchev–Trinajstić information content (AvgIpc) is 3.54. The molecular weight excluding hydrogens is 500 g/mol. The fourth-order valence-corrected chi connectivity index (χ4v) is 4.40. The number of rotatable bonds is 9. The molecule has 13 heteroatoms. The predicted octanol–water partition coefficient (Wildman–Crippen LogP) is 0.947. The molecule has 2 amide bonds. The number of amidine groups is 1. The second kappa shape index (κ2) is 12.0. The summed E-state index contributed by atoms with van der Waals surface area (Å²) in [7, 11) is 0. The molecule has 2 saturated heterocycles. The van der Waals surface area contributed by atoms with Gasteiger partial charge in [-0.15, -0.1) is 0 Å². The molecule has 0 saturated carbocycles. The number of carboxylic acids is 1. The monoisotopic (exact) mass is 534 g/mol. The van der Waals surface area contributed by atoms with Crippen LogP contribution in [0.2, 0.25) is 0 Å². The van der Waals surface area contributed by atoms with Crippen LogP contribution in [-0.4, -0.2) is 93.7 Å². The quantitative estimate of drug-likeness (QED) is 0.136. The molecule has 0 aliphatic carbocycles. The molecule has 2 atom stereocenters. The first-order chi connectivity index (χ1) is 17.9. The van der Waals surface area contributed by atoms with Crippen molar-refractivity contribution in [2.45, 2.75) is 64.1 Å². The molecule has 4 N–H and O–H groups in total. The van der Waals surface area contributed by atoms with Crippen LogP contribution >= 0.6 is 0 Å². The van der Waals surface area contributed by atoms with Gasteiger partial charge in [-0.1, -0.05) is 5.16 Å². The lowest BCUT2D eigenvalue weighted by Gasteiger charge is -2.27. The van der Waals surface area contributed by atoms with Crippen LogP contribution in [0.15, 0.2) is 23.4 Å². The van der Waals surface area contributed by atoms with Crippen molar-refractivity contribution in [1.82, 2.24) is 9.80 Å². The van der Waals surface area contributed by atoms with Gasteiger partial charge in [0, 0.05) is 24.7 Å². The van der Waals surface area contributed by atoms with Crippen molar-refractivity contribution < 1.29 is 43.7 Å². The van der Waals surface area contributed by atoms with Crippen molar-refractivity contribution in [2.24, 2.45) is 10.9 Å². The number of ether oxygens (including phenoxy) is 3. The lowest BCUT2D eigenvalue weighted by Crippen LogP contribution is -2.45. The Hall–Kier alpha value is -4.03. The normalized spacial score (nSPS) is 19.8. The van der Waals surface area contributed by atoms with Gasteiger partial charge in [0.2, 0.25) is 0 Å². The highest BCUT2D eigenvalue weighted by molar-refractivity contribution is 5.97. The van der Waals surface area contributed by atoms with Gasteiger partial charge in [-0.05, 0) is 58.6 Å². The Morgan fingerprint density at radius 2 is 1.45 bits per heavy atom. The second-order valence-electron chi connectivity index (χ2n) is 10.1. The Bertz CT molecular complexity index is 1100. The van der Waals surface area contributed by atoms with E-state index < -0.39 is 54.7 Å². The van der Waals surface area contributed by atoms with E-state index in [9.17, 15) is 24.3 Å². The number of nitrogens with zero attached hydrogens (tertiary/aromatic N) is 3. The summed E-state index contributed by atoms with van der Waals surface area (Å²) in [6.07, 6.45) is 2.10. The van der Waals surface area contributed by atoms with Crippen molar-refractivity contribution in [3.8, 4) is 11.5 Å². The number of likely N-dealkylation sites (tertiary alicyclic amines) is 2. The first-order valence-electron chi connectivity index (χ1n) is 12.3. The summed E-state index contributed by atoms with van der Waals surface area (Å²) in [4.78, 5) is 52.0. The summed E-state index contributed by atoms with van der Waals surface area (Å²) >= 11 is 0. The van der Waals surface area contributed by atoms with Crippen LogP contribution in [0.1, 0.15) is 52.0 Å². The molecule has 2 fully saturated rings. The molecule has 0 spiro atoms. The van der Waals surface area contributed by atoms with Crippen LogP contribution in [0.3, 0.4) is 0 Å². The molecule has 0 bridgehead atoms. The van der Waals surface area contributed by atoms with Crippen LogP contribution < -0.4 is 15.2 Å². The summed E-state index contributed by atoms with van der Waals surface area (Å²) in [6.45, 7) is 5.14. The minimum atomic E-state index is -1.07. The molecule has 2 aliphatic rings. The molecular formula is C25H34N4O9. The van der Waals surface area contributed by atoms with E-state index in [4.69, 9.17) is 25.2 Å². The maximum Gasteiger partial charge on any atom is 0.329 e. The lowest BCUT2D eigenvalue weighted by molar-refractivity contribution is -0.163. The van der Waals surface area contributed by atoms with E-state index >= 15 is 0 Å². The topological polar surface area (TPSA) is 181 Å². The van der Waals surface area contributed by atoms with E-state index in [2.05, 4.69) is 5.16 Å². The minimum absolute atomic E-state index is 0.128. The van der Waals surface area contributed by atoms with E-state index in [1.807, 2.05) is 0 Å². The highest BCUT2D eigenvalue weighted by Crippen LogP contribution is 2.25. The van der Waals surface area contributed by atoms with Gasteiger partial charge < -0.3 is 40.1 Å². The average molecular weight is 535 g/mol. The number of carbonyl (C=O) groups is 4. The van der Waals surface area contributed by atoms with Gasteiger partial charge in [0.15, 0.2) is 19.0 Å². The van der Waals surface area contributed by atoms with Crippen molar-refractivity contribution >= 4 is 29.6 Å². The number of hydrogen-bond donors (Lipinski definition) is 3. The molecule has 3 rings (SSSR count). The lowest BCUT2D eigenvalue weighted by atomic mass is 10.1. The molecule has 1 aromatic rings. The SMILES string of the molecule is CC(C)(C)OC(=O)[C@H]1CCCN1C(=O)COc1cc(OCC(=O)N2CCC[C@@H]2C(=O)O)cc(C(N)=NO)c1. The molecule has 13 nitrogen and oxygen atoms in total. The van der Waals surface area contributed by atoms with E-state index in [1.54, 1.807) is 20.8 Å². The number of aliphatic carboxylic acids is 1. The molecule has 208 valence electrons. The van der Waals surface area contributed by atoms with Gasteiger partial charge >= 0.3 is 11.9 Å². The Morgan fingerprint density at radius 3 is 1.92 bits per heavy atom. The zero-order chi connectivity index (χ0) is 28.0. The molecule has 1 aromatic carbocycles. The number of oxime groups is 1. The molecule has 2 aliphatic heterocycles. The van der Waals surface area contributed by atoms with Gasteiger partial charge in [-0.25, -0.2) is 9.59 Å². The van der Waals surface area contributed by atoms with Gasteiger partial charge in [0.1, 0.15) is 29.2 Å². The van der Waals surface area contributed by atoms with Crippen molar-refractivity contribution in [3.05, 3.63) is 23.8 Å².